The third-order valence-corrected chi connectivity index (χ3v) is 6.90. The lowest BCUT2D eigenvalue weighted by molar-refractivity contribution is -0.139. The van der Waals surface area contributed by atoms with Gasteiger partial charge in [-0.1, -0.05) is 41.4 Å². The molecule has 2 amide bonds. The molecular weight excluding hydrogens is 485 g/mol. The van der Waals surface area contributed by atoms with Gasteiger partial charge in [0, 0.05) is 23.1 Å². The second kappa shape index (κ2) is 11.2. The Hall–Kier alpha value is -2.29. The summed E-state index contributed by atoms with van der Waals surface area (Å²) < 4.78 is 26.4. The van der Waals surface area contributed by atoms with Crippen LogP contribution in [0.4, 0.5) is 5.69 Å². The van der Waals surface area contributed by atoms with Crippen LogP contribution in [0.3, 0.4) is 0 Å². The molecule has 7 nitrogen and oxygen atoms in total. The van der Waals surface area contributed by atoms with Gasteiger partial charge in [0.2, 0.25) is 21.8 Å². The number of aryl methyl sites for hydroxylation is 2. The van der Waals surface area contributed by atoms with Crippen molar-refractivity contribution in [3.63, 3.8) is 0 Å². The molecule has 10 heteroatoms. The number of carbonyl (C=O) groups is 2. The van der Waals surface area contributed by atoms with E-state index in [1.807, 2.05) is 13.0 Å². The highest BCUT2D eigenvalue weighted by Crippen LogP contribution is 2.26. The predicted octanol–water partition coefficient (Wildman–Crippen LogP) is 3.93. The predicted molar refractivity (Wildman–Crippen MR) is 133 cm³/mol. The van der Waals surface area contributed by atoms with Crippen LogP contribution in [-0.2, 0) is 26.2 Å². The number of benzene rings is 2. The maximum atomic E-state index is 13.5. The largest absolute Gasteiger partial charge is 0.355 e. The van der Waals surface area contributed by atoms with Crippen LogP contribution in [0.5, 0.6) is 0 Å². The van der Waals surface area contributed by atoms with E-state index in [9.17, 15) is 18.0 Å². The molecule has 0 aliphatic heterocycles. The Morgan fingerprint density at radius 3 is 2.33 bits per heavy atom. The van der Waals surface area contributed by atoms with E-state index in [1.165, 1.54) is 4.90 Å². The monoisotopic (exact) mass is 513 g/mol. The molecule has 180 valence electrons. The third-order valence-electron chi connectivity index (χ3n) is 5.19. The third kappa shape index (κ3) is 7.09. The van der Waals surface area contributed by atoms with Crippen molar-refractivity contribution in [2.24, 2.45) is 0 Å². The van der Waals surface area contributed by atoms with Crippen molar-refractivity contribution in [3.05, 3.63) is 63.1 Å². The lowest BCUT2D eigenvalue weighted by atomic mass is 10.1. The number of hydrogen-bond acceptors (Lipinski definition) is 4. The molecule has 0 saturated heterocycles. The number of halogens is 2. The molecule has 0 aromatic heterocycles. The summed E-state index contributed by atoms with van der Waals surface area (Å²) in [5.41, 5.74) is 2.57. The van der Waals surface area contributed by atoms with Crippen molar-refractivity contribution in [3.8, 4) is 0 Å². The van der Waals surface area contributed by atoms with Gasteiger partial charge in [-0.15, -0.1) is 0 Å². The molecule has 1 unspecified atom stereocenters. The van der Waals surface area contributed by atoms with E-state index in [2.05, 4.69) is 5.32 Å². The van der Waals surface area contributed by atoms with Crippen molar-refractivity contribution < 1.29 is 18.0 Å². The molecule has 2 aromatic carbocycles. The summed E-state index contributed by atoms with van der Waals surface area (Å²) in [5, 5.41) is 3.49. The summed E-state index contributed by atoms with van der Waals surface area (Å²) in [6.07, 6.45) is 1.05. The lowest BCUT2D eigenvalue weighted by Crippen LogP contribution is -2.51. The van der Waals surface area contributed by atoms with Gasteiger partial charge in [0.15, 0.2) is 0 Å². The van der Waals surface area contributed by atoms with Gasteiger partial charge in [0.25, 0.3) is 0 Å². The van der Waals surface area contributed by atoms with E-state index in [0.717, 1.165) is 16.1 Å². The van der Waals surface area contributed by atoms with Crippen molar-refractivity contribution in [2.45, 2.75) is 40.3 Å². The minimum atomic E-state index is -3.79. The smallest absolute Gasteiger partial charge is 0.244 e. The maximum Gasteiger partial charge on any atom is 0.244 e. The zero-order valence-electron chi connectivity index (χ0n) is 19.4. The summed E-state index contributed by atoms with van der Waals surface area (Å²) in [7, 11) is -3.79. The van der Waals surface area contributed by atoms with Crippen LogP contribution in [0.15, 0.2) is 36.4 Å². The SMILES string of the molecule is CCNC(=O)C(C)N(Cc1ccc(Cl)cc1Cl)C(=O)CN(c1cc(C)ccc1C)S(C)(=O)=O. The number of carbonyl (C=O) groups excluding carboxylic acids is 2. The Morgan fingerprint density at radius 2 is 1.76 bits per heavy atom. The molecule has 2 aromatic rings. The molecule has 0 aliphatic carbocycles. The number of sulfonamides is 1. The van der Waals surface area contributed by atoms with Gasteiger partial charge in [-0.2, -0.15) is 0 Å². The van der Waals surface area contributed by atoms with Crippen LogP contribution >= 0.6 is 23.2 Å². The van der Waals surface area contributed by atoms with E-state index in [1.54, 1.807) is 51.1 Å². The second-order valence-corrected chi connectivity index (χ2v) is 10.6. The zero-order valence-corrected chi connectivity index (χ0v) is 21.7. The van der Waals surface area contributed by atoms with Crippen LogP contribution in [-0.4, -0.2) is 50.5 Å². The van der Waals surface area contributed by atoms with Crippen molar-refractivity contribution >= 4 is 50.7 Å². The molecule has 0 saturated carbocycles. The average Bonchev–Trinajstić information content (AvgIpc) is 2.72. The van der Waals surface area contributed by atoms with Gasteiger partial charge < -0.3 is 10.2 Å². The quantitative estimate of drug-likeness (QED) is 0.550. The van der Waals surface area contributed by atoms with E-state index < -0.39 is 28.5 Å². The van der Waals surface area contributed by atoms with Crippen LogP contribution in [0.1, 0.15) is 30.5 Å². The number of nitrogens with one attached hydrogen (secondary N) is 1. The van der Waals surface area contributed by atoms with Gasteiger partial charge in [-0.3, -0.25) is 13.9 Å². The molecule has 1 atom stereocenters. The fourth-order valence-corrected chi connectivity index (χ4v) is 4.69. The summed E-state index contributed by atoms with van der Waals surface area (Å²) in [6.45, 7) is 6.94. The number of likely N-dealkylation sites (N-methyl/N-ethyl adjacent to an activating group) is 1. The Kier molecular flexibility index (Phi) is 9.17. The fourth-order valence-electron chi connectivity index (χ4n) is 3.32. The fraction of sp³-hybridized carbons (Fsp3) is 0.391. The number of rotatable bonds is 9. The first-order valence-corrected chi connectivity index (χ1v) is 13.0. The lowest BCUT2D eigenvalue weighted by Gasteiger charge is -2.32. The van der Waals surface area contributed by atoms with Crippen LogP contribution in [0.2, 0.25) is 10.0 Å². The summed E-state index contributed by atoms with van der Waals surface area (Å²) in [5.74, 6) is -0.889. The van der Waals surface area contributed by atoms with Gasteiger partial charge in [-0.25, -0.2) is 8.42 Å². The molecular formula is C23H29Cl2N3O4S. The number of anilines is 1. The molecule has 0 fully saturated rings. The highest BCUT2D eigenvalue weighted by atomic mass is 35.5. The Labute approximate surface area is 205 Å². The van der Waals surface area contributed by atoms with E-state index in [0.29, 0.717) is 33.4 Å². The highest BCUT2D eigenvalue weighted by Gasteiger charge is 2.30. The highest BCUT2D eigenvalue weighted by molar-refractivity contribution is 7.92. The van der Waals surface area contributed by atoms with Crippen molar-refractivity contribution in [2.75, 3.05) is 23.7 Å². The van der Waals surface area contributed by atoms with Gasteiger partial charge >= 0.3 is 0 Å². The molecule has 0 heterocycles. The topological polar surface area (TPSA) is 86.8 Å². The Morgan fingerprint density at radius 1 is 1.09 bits per heavy atom. The maximum absolute atomic E-state index is 13.5. The van der Waals surface area contributed by atoms with Crippen molar-refractivity contribution in [1.29, 1.82) is 0 Å². The van der Waals surface area contributed by atoms with Crippen molar-refractivity contribution in [1.82, 2.24) is 10.2 Å². The van der Waals surface area contributed by atoms with E-state index in [-0.39, 0.29) is 12.5 Å². The first-order chi connectivity index (χ1) is 15.3. The molecule has 2 rings (SSSR count). The van der Waals surface area contributed by atoms with Crippen LogP contribution in [0.25, 0.3) is 0 Å². The second-order valence-electron chi connectivity index (χ2n) is 7.89. The number of nitrogens with zero attached hydrogens (tertiary/aromatic N) is 2. The van der Waals surface area contributed by atoms with Gasteiger partial charge in [0.05, 0.1) is 11.9 Å². The van der Waals surface area contributed by atoms with Gasteiger partial charge in [0.1, 0.15) is 12.6 Å². The van der Waals surface area contributed by atoms with Crippen LogP contribution < -0.4 is 9.62 Å². The summed E-state index contributed by atoms with van der Waals surface area (Å²) in [6, 6.07) is 9.40. The minimum Gasteiger partial charge on any atom is -0.355 e. The number of hydrogen-bond donors (Lipinski definition) is 1. The average molecular weight is 514 g/mol. The molecule has 33 heavy (non-hydrogen) atoms. The molecule has 1 N–H and O–H groups in total. The normalized spacial score (nSPS) is 12.2. The summed E-state index contributed by atoms with van der Waals surface area (Å²) in [4.78, 5) is 27.4. The van der Waals surface area contributed by atoms with Gasteiger partial charge in [-0.05, 0) is 62.6 Å². The zero-order chi connectivity index (χ0) is 24.9. The minimum absolute atomic E-state index is 0.0114. The first-order valence-electron chi connectivity index (χ1n) is 10.4. The standard InChI is InChI=1S/C23H29Cl2N3O4S/c1-6-26-23(30)17(4)27(13-18-9-10-19(24)12-20(18)25)22(29)14-28(33(5,31)32)21-11-15(2)7-8-16(21)3/h7-12,17H,6,13-14H2,1-5H3,(H,26,30). The summed E-state index contributed by atoms with van der Waals surface area (Å²) >= 11 is 12.3. The molecule has 0 bridgehead atoms. The van der Waals surface area contributed by atoms with E-state index >= 15 is 0 Å². The Balaban J connectivity index is 2.46. The Bertz CT molecular complexity index is 1140. The molecule has 0 aliphatic rings. The molecule has 0 radical (unpaired) electrons. The number of amides is 2. The first kappa shape index (κ1) is 27.0. The van der Waals surface area contributed by atoms with E-state index in [4.69, 9.17) is 23.2 Å². The molecule has 0 spiro atoms. The van der Waals surface area contributed by atoms with Crippen LogP contribution in [0, 0.1) is 13.8 Å².